The summed E-state index contributed by atoms with van der Waals surface area (Å²) in [5.41, 5.74) is 5.44. The van der Waals surface area contributed by atoms with Crippen LogP contribution in [0.1, 0.15) is 29.7 Å². The van der Waals surface area contributed by atoms with Crippen LogP contribution in [0, 0.1) is 0 Å². The molecule has 1 amide bonds. The number of carbonyl (C=O) groups excluding carboxylic acids is 2. The number of benzene rings is 1. The molecule has 0 aliphatic carbocycles. The molecule has 1 heterocycles. The van der Waals surface area contributed by atoms with Gasteiger partial charge in [0.15, 0.2) is 0 Å². The smallest absolute Gasteiger partial charge is 0.391 e. The van der Waals surface area contributed by atoms with Crippen molar-refractivity contribution in [1.29, 1.82) is 0 Å². The van der Waals surface area contributed by atoms with Crippen molar-refractivity contribution < 1.29 is 54.0 Å². The van der Waals surface area contributed by atoms with Gasteiger partial charge in [0.2, 0.25) is 21.9 Å². The van der Waals surface area contributed by atoms with E-state index in [4.69, 9.17) is 11.5 Å². The molecule has 0 fully saturated rings. The van der Waals surface area contributed by atoms with Crippen molar-refractivity contribution in [2.24, 2.45) is 16.6 Å². The lowest BCUT2D eigenvalue weighted by Crippen LogP contribution is -2.42. The molecule has 20 heteroatoms. The van der Waals surface area contributed by atoms with Crippen molar-refractivity contribution >= 4 is 33.5 Å². The van der Waals surface area contributed by atoms with Crippen molar-refractivity contribution in [1.82, 2.24) is 10.0 Å². The highest BCUT2D eigenvalue weighted by Crippen LogP contribution is 2.30. The quantitative estimate of drug-likeness (QED) is 0.0926. The minimum absolute atomic E-state index is 0.208. The molecule has 1 unspecified atom stereocenters. The Kier molecular flexibility index (Phi) is 10.2. The van der Waals surface area contributed by atoms with Crippen molar-refractivity contribution in [3.8, 4) is 0 Å². The highest BCUT2D eigenvalue weighted by atomic mass is 32.2. The molecule has 0 saturated heterocycles. The second-order valence-corrected chi connectivity index (χ2v) is 9.79. The van der Waals surface area contributed by atoms with Gasteiger partial charge in [-0.1, -0.05) is 18.2 Å². The number of oxime groups is 1. The number of nitrogens with one attached hydrogen (secondary N) is 2. The molecule has 1 aromatic heterocycles. The lowest BCUT2D eigenvalue weighted by Gasteiger charge is -2.19. The monoisotopic (exact) mass is 616 g/mol. The molecule has 0 bridgehead atoms. The number of pyridine rings is 1. The first-order chi connectivity index (χ1) is 18.8. The van der Waals surface area contributed by atoms with E-state index in [0.29, 0.717) is 12.1 Å². The molecular formula is C21H22F6N6O7S. The van der Waals surface area contributed by atoms with Crippen LogP contribution < -0.4 is 31.9 Å². The van der Waals surface area contributed by atoms with E-state index in [9.17, 15) is 49.1 Å². The number of halogens is 6. The lowest BCUT2D eigenvalue weighted by molar-refractivity contribution is -0.200. The van der Waals surface area contributed by atoms with Gasteiger partial charge in [-0.3, -0.25) is 14.3 Å². The van der Waals surface area contributed by atoms with Crippen LogP contribution >= 0.6 is 0 Å². The standard InChI is InChI=1S/C21H22F6N6O7S/c1-11(16(34)30-7-8-39-31-19(28)29)15-6-5-14(17(35)33(15)40-18(36)21(25,26)27)32-41(37,38)10-12-3-2-4-13(9-12)20(22,23)24/h2-6,9,11,32H,7-8,10H2,1H3,(H,30,34)(H4,28,29,31). The Hall–Kier alpha value is -4.49. The maximum Gasteiger partial charge on any atom is 0.493 e. The summed E-state index contributed by atoms with van der Waals surface area (Å²) in [6.45, 7) is 0.676. The van der Waals surface area contributed by atoms with Crippen LogP contribution in [0.15, 0.2) is 46.3 Å². The zero-order valence-corrected chi connectivity index (χ0v) is 21.6. The van der Waals surface area contributed by atoms with E-state index in [2.05, 4.69) is 20.1 Å². The molecule has 13 nitrogen and oxygen atoms in total. The number of rotatable bonds is 11. The minimum Gasteiger partial charge on any atom is -0.391 e. The number of anilines is 1. The number of nitrogens with zero attached hydrogens (tertiary/aromatic N) is 2. The summed E-state index contributed by atoms with van der Waals surface area (Å²) in [4.78, 5) is 45.7. The summed E-state index contributed by atoms with van der Waals surface area (Å²) >= 11 is 0. The van der Waals surface area contributed by atoms with Gasteiger partial charge in [-0.15, -0.1) is 4.73 Å². The molecule has 2 aromatic rings. The van der Waals surface area contributed by atoms with Crippen molar-refractivity contribution in [2.45, 2.75) is 30.9 Å². The molecule has 0 aliphatic rings. The molecule has 226 valence electrons. The average molecular weight is 616 g/mol. The van der Waals surface area contributed by atoms with Gasteiger partial charge in [0, 0.05) is 0 Å². The summed E-state index contributed by atoms with van der Waals surface area (Å²) in [5.74, 6) is -6.70. The van der Waals surface area contributed by atoms with Gasteiger partial charge in [-0.2, -0.15) is 26.3 Å². The molecule has 0 spiro atoms. The molecule has 0 radical (unpaired) electrons. The predicted octanol–water partition coefficient (Wildman–Crippen LogP) is 0.751. The molecule has 1 aromatic carbocycles. The Labute approximate surface area is 227 Å². The SMILES string of the molecule is CC(C(=O)NCCON=C(N)N)c1ccc(NS(=O)(=O)Cc2cccc(C(F)(F)F)c2)c(=O)n1OC(=O)C(F)(F)F. The van der Waals surface area contributed by atoms with Crippen LogP contribution in [0.4, 0.5) is 32.0 Å². The molecule has 0 aliphatic heterocycles. The van der Waals surface area contributed by atoms with Crippen molar-refractivity contribution in [3.63, 3.8) is 0 Å². The van der Waals surface area contributed by atoms with E-state index in [0.717, 1.165) is 31.2 Å². The Morgan fingerprint density at radius 1 is 1.10 bits per heavy atom. The Balaban J connectivity index is 2.37. The average Bonchev–Trinajstić information content (AvgIpc) is 2.84. The van der Waals surface area contributed by atoms with Gasteiger partial charge < -0.3 is 26.5 Å². The summed E-state index contributed by atoms with van der Waals surface area (Å²) in [7, 11) is -4.63. The number of aromatic nitrogens is 1. The van der Waals surface area contributed by atoms with Gasteiger partial charge in [0.1, 0.15) is 12.3 Å². The summed E-state index contributed by atoms with van der Waals surface area (Å²) < 4.78 is 104. The van der Waals surface area contributed by atoms with Crippen LogP contribution in [-0.2, 0) is 36.4 Å². The minimum atomic E-state index is -5.59. The van der Waals surface area contributed by atoms with Gasteiger partial charge in [0.05, 0.1) is 29.5 Å². The second-order valence-electron chi connectivity index (χ2n) is 8.07. The maximum absolute atomic E-state index is 12.9. The van der Waals surface area contributed by atoms with Crippen molar-refractivity contribution in [3.05, 3.63) is 63.6 Å². The molecule has 1 atom stereocenters. The van der Waals surface area contributed by atoms with E-state index in [1.54, 1.807) is 4.72 Å². The third kappa shape index (κ3) is 9.58. The van der Waals surface area contributed by atoms with E-state index in [1.165, 1.54) is 0 Å². The number of sulfonamides is 1. The van der Waals surface area contributed by atoms with E-state index in [1.807, 2.05) is 0 Å². The number of hydrogen-bond acceptors (Lipinski definition) is 8. The summed E-state index contributed by atoms with van der Waals surface area (Å²) in [6, 6.07) is 4.85. The fraction of sp³-hybridized carbons (Fsp3) is 0.333. The van der Waals surface area contributed by atoms with Gasteiger partial charge >= 0.3 is 23.9 Å². The maximum atomic E-state index is 12.9. The normalized spacial score (nSPS) is 12.7. The predicted molar refractivity (Wildman–Crippen MR) is 129 cm³/mol. The molecule has 41 heavy (non-hydrogen) atoms. The number of alkyl halides is 6. The van der Waals surface area contributed by atoms with Gasteiger partial charge in [0.25, 0.3) is 0 Å². The topological polar surface area (TPSA) is 197 Å². The third-order valence-electron chi connectivity index (χ3n) is 4.85. The highest BCUT2D eigenvalue weighted by Gasteiger charge is 2.43. The number of guanidine groups is 1. The molecule has 6 N–H and O–H groups in total. The van der Waals surface area contributed by atoms with E-state index < -0.39 is 74.4 Å². The number of nitrogens with two attached hydrogens (primary N) is 2. The van der Waals surface area contributed by atoms with Crippen LogP contribution in [0.2, 0.25) is 0 Å². The zero-order valence-electron chi connectivity index (χ0n) is 20.7. The fourth-order valence-corrected chi connectivity index (χ4v) is 4.23. The first-order valence-corrected chi connectivity index (χ1v) is 12.7. The summed E-state index contributed by atoms with van der Waals surface area (Å²) in [5, 5.41) is 5.49. The van der Waals surface area contributed by atoms with Crippen molar-refractivity contribution in [2.75, 3.05) is 17.9 Å². The first kappa shape index (κ1) is 32.7. The third-order valence-corrected chi connectivity index (χ3v) is 6.10. The largest absolute Gasteiger partial charge is 0.493 e. The van der Waals surface area contributed by atoms with Crippen LogP contribution in [-0.4, -0.2) is 50.3 Å². The van der Waals surface area contributed by atoms with Crippen LogP contribution in [0.5, 0.6) is 0 Å². The lowest BCUT2D eigenvalue weighted by atomic mass is 10.1. The van der Waals surface area contributed by atoms with Crippen LogP contribution in [0.3, 0.4) is 0 Å². The Morgan fingerprint density at radius 3 is 2.34 bits per heavy atom. The van der Waals surface area contributed by atoms with Gasteiger partial charge in [-0.05, 0) is 35.8 Å². The Bertz CT molecular complexity index is 1470. The molecule has 2 rings (SSSR count). The zero-order chi connectivity index (χ0) is 31.2. The van der Waals surface area contributed by atoms with E-state index in [-0.39, 0.29) is 23.4 Å². The highest BCUT2D eigenvalue weighted by molar-refractivity contribution is 7.91. The number of amides is 1. The molecule has 0 saturated carbocycles. The van der Waals surface area contributed by atoms with Gasteiger partial charge in [-0.25, -0.2) is 13.2 Å². The van der Waals surface area contributed by atoms with Crippen LogP contribution in [0.25, 0.3) is 0 Å². The molecular weight excluding hydrogens is 594 g/mol. The Morgan fingerprint density at radius 2 is 1.76 bits per heavy atom. The first-order valence-electron chi connectivity index (χ1n) is 11.0. The van der Waals surface area contributed by atoms with E-state index >= 15 is 0 Å². The fourth-order valence-electron chi connectivity index (χ4n) is 3.05. The number of hydrogen-bond donors (Lipinski definition) is 4. The summed E-state index contributed by atoms with van der Waals surface area (Å²) in [6.07, 6.45) is -10.4. The number of carbonyl (C=O) groups is 2. The second kappa shape index (κ2) is 12.8.